The number of rotatable bonds is 5. The van der Waals surface area contributed by atoms with E-state index in [1.54, 1.807) is 0 Å². The van der Waals surface area contributed by atoms with Crippen LogP contribution in [0.2, 0.25) is 0 Å². The van der Waals surface area contributed by atoms with Gasteiger partial charge in [-0.05, 0) is 32.7 Å². The van der Waals surface area contributed by atoms with E-state index in [1.165, 1.54) is 0 Å². The molecule has 1 aliphatic heterocycles. The molecule has 0 radical (unpaired) electrons. The normalized spacial score (nSPS) is 20.6. The van der Waals surface area contributed by atoms with Crippen LogP contribution in [0.25, 0.3) is 0 Å². The second-order valence-electron chi connectivity index (χ2n) is 4.10. The zero-order valence-corrected chi connectivity index (χ0v) is 8.71. The molecule has 1 aliphatic rings. The number of nitrogens with one attached hydrogen (secondary N) is 1. The average Bonchev–Trinajstić information content (AvgIpc) is 2.14. The van der Waals surface area contributed by atoms with Crippen LogP contribution in [0.15, 0.2) is 0 Å². The van der Waals surface area contributed by atoms with Gasteiger partial charge in [-0.1, -0.05) is 0 Å². The summed E-state index contributed by atoms with van der Waals surface area (Å²) in [6.45, 7) is 4.57. The van der Waals surface area contributed by atoms with Crippen LogP contribution in [0, 0.1) is 0 Å². The lowest BCUT2D eigenvalue weighted by Crippen LogP contribution is -2.47. The quantitative estimate of drug-likeness (QED) is 0.652. The third kappa shape index (κ3) is 4.07. The van der Waals surface area contributed by atoms with Gasteiger partial charge < -0.3 is 15.2 Å². The standard InChI is InChI=1S/C10H19NO3/c1-10(4-7-14-8-5-10)11-6-2-3-9(12)13/h11H,2-8H2,1H3,(H,12,13). The molecule has 0 aromatic carbocycles. The predicted octanol–water partition coefficient (Wildman–Crippen LogP) is 1.01. The summed E-state index contributed by atoms with van der Waals surface area (Å²) in [5, 5.41) is 11.9. The third-order valence-corrected chi connectivity index (χ3v) is 2.72. The van der Waals surface area contributed by atoms with Gasteiger partial charge in [-0.2, -0.15) is 0 Å². The molecule has 4 heteroatoms. The fourth-order valence-electron chi connectivity index (χ4n) is 1.63. The lowest BCUT2D eigenvalue weighted by atomic mass is 9.92. The van der Waals surface area contributed by atoms with Crippen molar-refractivity contribution in [3.05, 3.63) is 0 Å². The summed E-state index contributed by atoms with van der Waals surface area (Å²) < 4.78 is 5.28. The molecule has 1 rings (SSSR count). The highest BCUT2D eigenvalue weighted by molar-refractivity contribution is 5.66. The molecule has 1 fully saturated rings. The number of carboxylic acid groups (broad SMARTS) is 1. The first-order chi connectivity index (χ1) is 6.62. The number of carbonyl (C=O) groups is 1. The molecule has 2 N–H and O–H groups in total. The third-order valence-electron chi connectivity index (χ3n) is 2.72. The summed E-state index contributed by atoms with van der Waals surface area (Å²) in [7, 11) is 0. The van der Waals surface area contributed by atoms with Gasteiger partial charge in [-0.25, -0.2) is 0 Å². The maximum Gasteiger partial charge on any atom is 0.303 e. The summed E-state index contributed by atoms with van der Waals surface area (Å²) >= 11 is 0. The number of hydrogen-bond acceptors (Lipinski definition) is 3. The van der Waals surface area contributed by atoms with Crippen molar-refractivity contribution in [3.8, 4) is 0 Å². The van der Waals surface area contributed by atoms with Gasteiger partial charge in [0.25, 0.3) is 0 Å². The molecule has 14 heavy (non-hydrogen) atoms. The SMILES string of the molecule is CC1(NCCCC(=O)O)CCOCC1. The second kappa shape index (κ2) is 5.32. The van der Waals surface area contributed by atoms with Crippen molar-refractivity contribution in [2.45, 2.75) is 38.1 Å². The molecule has 0 bridgehead atoms. The van der Waals surface area contributed by atoms with E-state index in [0.717, 1.165) is 32.6 Å². The molecule has 0 spiro atoms. The molecule has 1 saturated heterocycles. The van der Waals surface area contributed by atoms with Crippen molar-refractivity contribution >= 4 is 5.97 Å². The topological polar surface area (TPSA) is 58.6 Å². The van der Waals surface area contributed by atoms with Gasteiger partial charge >= 0.3 is 5.97 Å². The molecule has 0 unspecified atom stereocenters. The summed E-state index contributed by atoms with van der Waals surface area (Å²) in [5.74, 6) is -0.719. The first-order valence-corrected chi connectivity index (χ1v) is 5.17. The number of ether oxygens (including phenoxy) is 1. The van der Waals surface area contributed by atoms with Gasteiger partial charge in [0.05, 0.1) is 0 Å². The van der Waals surface area contributed by atoms with Gasteiger partial charge in [0, 0.05) is 25.2 Å². The van der Waals surface area contributed by atoms with Crippen LogP contribution in [-0.4, -0.2) is 36.4 Å². The maximum absolute atomic E-state index is 10.3. The minimum Gasteiger partial charge on any atom is -0.481 e. The molecular formula is C10H19NO3. The van der Waals surface area contributed by atoms with Crippen molar-refractivity contribution in [2.24, 2.45) is 0 Å². The van der Waals surface area contributed by atoms with E-state index in [-0.39, 0.29) is 12.0 Å². The molecule has 0 aliphatic carbocycles. The zero-order chi connectivity index (χ0) is 10.4. The summed E-state index contributed by atoms with van der Waals surface area (Å²) in [5.41, 5.74) is 0.150. The van der Waals surface area contributed by atoms with Crippen LogP contribution in [-0.2, 0) is 9.53 Å². The number of aliphatic carboxylic acids is 1. The van der Waals surface area contributed by atoms with Gasteiger partial charge in [0.1, 0.15) is 0 Å². The van der Waals surface area contributed by atoms with Crippen LogP contribution in [0.5, 0.6) is 0 Å². The Morgan fingerprint density at radius 3 is 2.71 bits per heavy atom. The van der Waals surface area contributed by atoms with E-state index in [4.69, 9.17) is 9.84 Å². The van der Waals surface area contributed by atoms with Crippen molar-refractivity contribution in [2.75, 3.05) is 19.8 Å². The van der Waals surface area contributed by atoms with E-state index in [0.29, 0.717) is 6.42 Å². The van der Waals surface area contributed by atoms with Gasteiger partial charge in [0.15, 0.2) is 0 Å². The largest absolute Gasteiger partial charge is 0.481 e. The fourth-order valence-corrected chi connectivity index (χ4v) is 1.63. The van der Waals surface area contributed by atoms with Crippen molar-refractivity contribution in [3.63, 3.8) is 0 Å². The van der Waals surface area contributed by atoms with Crippen molar-refractivity contribution < 1.29 is 14.6 Å². The second-order valence-corrected chi connectivity index (χ2v) is 4.10. The van der Waals surface area contributed by atoms with E-state index < -0.39 is 5.97 Å². The van der Waals surface area contributed by atoms with Gasteiger partial charge in [-0.15, -0.1) is 0 Å². The Kier molecular flexibility index (Phi) is 4.35. The average molecular weight is 201 g/mol. The Bertz CT molecular complexity index is 188. The van der Waals surface area contributed by atoms with Gasteiger partial charge in [-0.3, -0.25) is 4.79 Å². The van der Waals surface area contributed by atoms with Crippen molar-refractivity contribution in [1.29, 1.82) is 0 Å². The summed E-state index contributed by atoms with van der Waals surface area (Å²) in [6.07, 6.45) is 2.98. The Hall–Kier alpha value is -0.610. The Morgan fingerprint density at radius 2 is 2.14 bits per heavy atom. The number of carboxylic acids is 1. The van der Waals surface area contributed by atoms with E-state index in [2.05, 4.69) is 12.2 Å². The highest BCUT2D eigenvalue weighted by Crippen LogP contribution is 2.19. The summed E-state index contributed by atoms with van der Waals surface area (Å²) in [6, 6.07) is 0. The van der Waals surface area contributed by atoms with E-state index in [9.17, 15) is 4.79 Å². The molecule has 0 atom stereocenters. The zero-order valence-electron chi connectivity index (χ0n) is 8.71. The number of hydrogen-bond donors (Lipinski definition) is 2. The van der Waals surface area contributed by atoms with Crippen LogP contribution < -0.4 is 5.32 Å². The fraction of sp³-hybridized carbons (Fsp3) is 0.900. The molecule has 0 amide bonds. The minimum atomic E-state index is -0.719. The van der Waals surface area contributed by atoms with Crippen LogP contribution in [0.1, 0.15) is 32.6 Å². The van der Waals surface area contributed by atoms with Crippen LogP contribution in [0.3, 0.4) is 0 Å². The Balaban J connectivity index is 2.12. The van der Waals surface area contributed by atoms with Crippen molar-refractivity contribution in [1.82, 2.24) is 5.32 Å². The lowest BCUT2D eigenvalue weighted by Gasteiger charge is -2.34. The minimum absolute atomic E-state index is 0.150. The molecular weight excluding hydrogens is 182 g/mol. The highest BCUT2D eigenvalue weighted by Gasteiger charge is 2.25. The smallest absolute Gasteiger partial charge is 0.303 e. The predicted molar refractivity (Wildman–Crippen MR) is 53.3 cm³/mol. The molecule has 1 heterocycles. The molecule has 82 valence electrons. The van der Waals surface area contributed by atoms with Crippen LogP contribution in [0.4, 0.5) is 0 Å². The monoisotopic (exact) mass is 201 g/mol. The maximum atomic E-state index is 10.3. The van der Waals surface area contributed by atoms with Crippen LogP contribution >= 0.6 is 0 Å². The van der Waals surface area contributed by atoms with Gasteiger partial charge in [0.2, 0.25) is 0 Å². The molecule has 0 aromatic heterocycles. The Morgan fingerprint density at radius 1 is 1.50 bits per heavy atom. The first-order valence-electron chi connectivity index (χ1n) is 5.17. The lowest BCUT2D eigenvalue weighted by molar-refractivity contribution is -0.137. The first kappa shape index (κ1) is 11.5. The van der Waals surface area contributed by atoms with E-state index >= 15 is 0 Å². The summed E-state index contributed by atoms with van der Waals surface area (Å²) in [4.78, 5) is 10.3. The molecule has 0 saturated carbocycles. The molecule has 0 aromatic rings. The Labute approximate surface area is 84.6 Å². The highest BCUT2D eigenvalue weighted by atomic mass is 16.5. The molecule has 4 nitrogen and oxygen atoms in total. The van der Waals surface area contributed by atoms with E-state index in [1.807, 2.05) is 0 Å².